The summed E-state index contributed by atoms with van der Waals surface area (Å²) in [4.78, 5) is 19.6. The molecule has 0 aliphatic carbocycles. The summed E-state index contributed by atoms with van der Waals surface area (Å²) < 4.78 is 39.8. The van der Waals surface area contributed by atoms with Gasteiger partial charge in [0.05, 0.1) is 40.9 Å². The Balaban J connectivity index is 0.00000274. The van der Waals surface area contributed by atoms with Crippen molar-refractivity contribution in [3.63, 3.8) is 0 Å². The Hall–Kier alpha value is -2.89. The van der Waals surface area contributed by atoms with Gasteiger partial charge in [0.15, 0.2) is 11.5 Å². The monoisotopic (exact) mass is 485 g/mol. The first-order valence-corrected chi connectivity index (χ1v) is 11.7. The van der Waals surface area contributed by atoms with Crippen LogP contribution in [0.2, 0.25) is 0 Å². The minimum absolute atomic E-state index is 0. The Morgan fingerprint density at radius 1 is 0.824 bits per heavy atom. The van der Waals surface area contributed by atoms with Gasteiger partial charge in [0.1, 0.15) is 5.54 Å². The van der Waals surface area contributed by atoms with Gasteiger partial charge in [0.25, 0.3) is 10.1 Å². The second-order valence-corrected chi connectivity index (χ2v) is 9.02. The van der Waals surface area contributed by atoms with E-state index in [4.69, 9.17) is 4.74 Å². The molecule has 1 aliphatic rings. The molecule has 3 heterocycles. The Kier molecular flexibility index (Phi) is 6.96. The van der Waals surface area contributed by atoms with Crippen LogP contribution in [-0.4, -0.2) is 68.2 Å². The molecule has 5 rings (SSSR count). The quantitative estimate of drug-likeness (QED) is 0.325. The molecule has 0 saturated carbocycles. The Bertz CT molecular complexity index is 1310. The van der Waals surface area contributed by atoms with E-state index in [-0.39, 0.29) is 36.0 Å². The number of hydrogen-bond donors (Lipinski definition) is 1. The van der Waals surface area contributed by atoms with E-state index in [0.29, 0.717) is 34.3 Å². The standard InChI is InChI=1S/C23H19N5O4S.Na.H/c29-33(30,31)14-9-23(21-15-24-10-12-26-21,22-16-25-11-13-27-22)28-17-5-1-3-7-19(17)32-20-8-4-2-6-18(20)28;;/h1-8,10-13,15-16H,9,14H2,(H,29,30,31);;. The zero-order chi connectivity index (χ0) is 22.9. The summed E-state index contributed by atoms with van der Waals surface area (Å²) in [6.45, 7) is 0. The van der Waals surface area contributed by atoms with Crippen molar-refractivity contribution in [1.82, 2.24) is 19.9 Å². The zero-order valence-electron chi connectivity index (χ0n) is 17.3. The molecule has 2 aromatic carbocycles. The number of fused-ring (bicyclic) bond motifs is 2. The van der Waals surface area contributed by atoms with Gasteiger partial charge >= 0.3 is 29.6 Å². The van der Waals surface area contributed by atoms with Crippen molar-refractivity contribution in [2.24, 2.45) is 0 Å². The molecular weight excluding hydrogens is 465 g/mol. The van der Waals surface area contributed by atoms with E-state index in [1.807, 2.05) is 53.4 Å². The van der Waals surface area contributed by atoms with E-state index in [9.17, 15) is 13.0 Å². The Labute approximate surface area is 218 Å². The third-order valence-electron chi connectivity index (χ3n) is 5.51. The van der Waals surface area contributed by atoms with Crippen LogP contribution >= 0.6 is 0 Å². The summed E-state index contributed by atoms with van der Waals surface area (Å²) in [6, 6.07) is 14.9. The van der Waals surface area contributed by atoms with E-state index in [0.717, 1.165) is 0 Å². The van der Waals surface area contributed by atoms with Crippen molar-refractivity contribution in [2.75, 3.05) is 10.7 Å². The number of para-hydroxylation sites is 4. The second-order valence-electron chi connectivity index (χ2n) is 7.45. The normalized spacial score (nSPS) is 12.7. The van der Waals surface area contributed by atoms with Crippen LogP contribution in [0.1, 0.15) is 17.8 Å². The van der Waals surface area contributed by atoms with Crippen molar-refractivity contribution in [1.29, 1.82) is 0 Å². The molecule has 0 saturated heterocycles. The van der Waals surface area contributed by atoms with Crippen LogP contribution in [0, 0.1) is 0 Å². The first-order chi connectivity index (χ1) is 16.0. The summed E-state index contributed by atoms with van der Waals surface area (Å²) in [5.41, 5.74) is 0.973. The summed E-state index contributed by atoms with van der Waals surface area (Å²) in [7, 11) is -4.32. The van der Waals surface area contributed by atoms with Crippen molar-refractivity contribution in [3.05, 3.63) is 97.1 Å². The zero-order valence-corrected chi connectivity index (χ0v) is 18.1. The van der Waals surface area contributed by atoms with Gasteiger partial charge in [0, 0.05) is 24.8 Å². The fourth-order valence-corrected chi connectivity index (χ4v) is 4.70. The van der Waals surface area contributed by atoms with E-state index >= 15 is 0 Å². The van der Waals surface area contributed by atoms with Crippen LogP contribution in [-0.2, 0) is 15.7 Å². The van der Waals surface area contributed by atoms with Crippen LogP contribution in [0.15, 0.2) is 85.7 Å². The van der Waals surface area contributed by atoms with Gasteiger partial charge in [-0.15, -0.1) is 0 Å². The van der Waals surface area contributed by atoms with Gasteiger partial charge < -0.3 is 9.64 Å². The van der Waals surface area contributed by atoms with Gasteiger partial charge in [-0.1, -0.05) is 24.3 Å². The molecule has 34 heavy (non-hydrogen) atoms. The summed E-state index contributed by atoms with van der Waals surface area (Å²) >= 11 is 0. The Morgan fingerprint density at radius 3 is 1.76 bits per heavy atom. The Morgan fingerprint density at radius 2 is 1.32 bits per heavy atom. The molecule has 168 valence electrons. The molecule has 0 amide bonds. The van der Waals surface area contributed by atoms with Gasteiger partial charge in [-0.3, -0.25) is 24.5 Å². The van der Waals surface area contributed by atoms with Crippen molar-refractivity contribution >= 4 is 51.1 Å². The van der Waals surface area contributed by atoms with Crippen molar-refractivity contribution in [3.8, 4) is 11.5 Å². The first-order valence-electron chi connectivity index (χ1n) is 10.1. The predicted octanol–water partition coefficient (Wildman–Crippen LogP) is 3.08. The number of hydrogen-bond acceptors (Lipinski definition) is 8. The predicted molar refractivity (Wildman–Crippen MR) is 128 cm³/mol. The average molecular weight is 486 g/mol. The molecule has 9 nitrogen and oxygen atoms in total. The van der Waals surface area contributed by atoms with Crippen LogP contribution in [0.4, 0.5) is 11.4 Å². The summed E-state index contributed by atoms with van der Waals surface area (Å²) in [5, 5.41) is 0. The molecule has 0 radical (unpaired) electrons. The molecular formula is C23H20N5NaO4S. The van der Waals surface area contributed by atoms with Crippen molar-refractivity contribution in [2.45, 2.75) is 12.0 Å². The number of benzene rings is 2. The number of aromatic nitrogens is 4. The topological polar surface area (TPSA) is 118 Å². The van der Waals surface area contributed by atoms with Gasteiger partial charge in [-0.2, -0.15) is 8.42 Å². The van der Waals surface area contributed by atoms with Gasteiger partial charge in [-0.25, -0.2) is 0 Å². The molecule has 0 atom stereocenters. The van der Waals surface area contributed by atoms with Gasteiger partial charge in [0.2, 0.25) is 0 Å². The molecule has 0 fully saturated rings. The fraction of sp³-hybridized carbons (Fsp3) is 0.130. The molecule has 0 spiro atoms. The van der Waals surface area contributed by atoms with Crippen LogP contribution in [0.25, 0.3) is 0 Å². The molecule has 0 bridgehead atoms. The number of ether oxygens (including phenoxy) is 1. The minimum atomic E-state index is -4.32. The number of anilines is 2. The number of nitrogens with zero attached hydrogens (tertiary/aromatic N) is 5. The van der Waals surface area contributed by atoms with E-state index in [2.05, 4.69) is 19.9 Å². The summed E-state index contributed by atoms with van der Waals surface area (Å²) in [5.74, 6) is 0.627. The van der Waals surface area contributed by atoms with Crippen LogP contribution < -0.4 is 9.64 Å². The summed E-state index contributed by atoms with van der Waals surface area (Å²) in [6.07, 6.45) is 9.20. The maximum atomic E-state index is 12.0. The van der Waals surface area contributed by atoms with E-state index in [1.54, 1.807) is 12.4 Å². The van der Waals surface area contributed by atoms with E-state index in [1.165, 1.54) is 24.8 Å². The second kappa shape index (κ2) is 9.77. The molecule has 1 N–H and O–H groups in total. The molecule has 11 heteroatoms. The van der Waals surface area contributed by atoms with E-state index < -0.39 is 21.4 Å². The third kappa shape index (κ3) is 4.42. The SMILES string of the molecule is O=S(=O)(O)CCC(c1cnccn1)(c1cnccn1)N1c2ccccc2Oc2ccccc21.[NaH]. The number of rotatable bonds is 6. The van der Waals surface area contributed by atoms with Gasteiger partial charge in [-0.05, 0) is 30.7 Å². The third-order valence-corrected chi connectivity index (χ3v) is 6.23. The molecule has 4 aromatic rings. The molecule has 2 aromatic heterocycles. The molecule has 0 unspecified atom stereocenters. The maximum absolute atomic E-state index is 12.0. The van der Waals surface area contributed by atoms with Crippen LogP contribution in [0.5, 0.6) is 11.5 Å². The van der Waals surface area contributed by atoms with Crippen LogP contribution in [0.3, 0.4) is 0 Å². The molecule has 1 aliphatic heterocycles. The fourth-order valence-electron chi connectivity index (χ4n) is 4.15. The first kappa shape index (κ1) is 24.2. The average Bonchev–Trinajstić information content (AvgIpc) is 2.84. The van der Waals surface area contributed by atoms with Crippen molar-refractivity contribution < 1.29 is 17.7 Å².